The fourth-order valence-electron chi connectivity index (χ4n) is 7.22. The second-order valence-electron chi connectivity index (χ2n) is 13.8. The van der Waals surface area contributed by atoms with Crippen LogP contribution in [-0.2, 0) is 19.5 Å². The van der Waals surface area contributed by atoms with E-state index < -0.39 is 0 Å². The van der Waals surface area contributed by atoms with Crippen LogP contribution in [0.2, 0.25) is 0 Å². The molecule has 5 heteroatoms. The van der Waals surface area contributed by atoms with Crippen LogP contribution in [0.3, 0.4) is 0 Å². The molecule has 0 saturated carbocycles. The maximum absolute atomic E-state index is 5.37. The Morgan fingerprint density at radius 3 is 0.907 bits per heavy atom. The number of hydrogen-bond acceptors (Lipinski definition) is 2. The Hall–Kier alpha value is -6.16. The molecule has 5 heterocycles. The summed E-state index contributed by atoms with van der Waals surface area (Å²) < 4.78 is 0. The summed E-state index contributed by atoms with van der Waals surface area (Å²) in [5, 5.41) is 0. The van der Waals surface area contributed by atoms with E-state index in [2.05, 4.69) is 173 Å². The Bertz CT molecular complexity index is 2740. The summed E-state index contributed by atoms with van der Waals surface area (Å²) in [4.78, 5) is 21.5. The Morgan fingerprint density at radius 2 is 0.648 bits per heavy atom. The van der Waals surface area contributed by atoms with Crippen molar-refractivity contribution in [3.05, 3.63) is 173 Å². The summed E-state index contributed by atoms with van der Waals surface area (Å²) >= 11 is 0. The molecule has 7 aromatic rings. The van der Waals surface area contributed by atoms with Crippen LogP contribution in [0, 0.1) is 20.8 Å². The smallest absolute Gasteiger partial charge is 0.657 e. The van der Waals surface area contributed by atoms with Crippen LogP contribution >= 0.6 is 0 Å². The van der Waals surface area contributed by atoms with Crippen LogP contribution in [0.1, 0.15) is 45.0 Å². The van der Waals surface area contributed by atoms with Gasteiger partial charge in [0.2, 0.25) is 0 Å². The van der Waals surface area contributed by atoms with Gasteiger partial charge in [-0.05, 0) is 95.1 Å². The first kappa shape index (κ1) is 34.9. The van der Waals surface area contributed by atoms with Gasteiger partial charge in [-0.3, -0.25) is 0 Å². The summed E-state index contributed by atoms with van der Waals surface area (Å²) in [6, 6.07) is 42.7. The van der Waals surface area contributed by atoms with Crippen molar-refractivity contribution < 1.29 is 19.5 Å². The average molecular weight is 746 g/mol. The van der Waals surface area contributed by atoms with Gasteiger partial charge >= 0.3 is 19.5 Å². The molecule has 0 fully saturated rings. The van der Waals surface area contributed by atoms with Gasteiger partial charge in [0.05, 0.1) is 22.8 Å². The molecular formula is C49H36N4Zn. The van der Waals surface area contributed by atoms with Gasteiger partial charge in [-0.1, -0.05) is 151 Å². The fourth-order valence-corrected chi connectivity index (χ4v) is 7.22. The SMILES string of the molecule is C=Cc1ccc(-c2c3nc(c(-c4ccc(C)cc4)c4ccc([n-]4)c(-c4ccc(C)cc4)c4nc(c(-c5ccc(C)cc5)c5ccc2[n-]5)C=C4)C=C3)cc1.[Zn+2]. The third kappa shape index (κ3) is 6.42. The molecule has 254 valence electrons. The molecule has 8 bridgehead atoms. The third-order valence-corrected chi connectivity index (χ3v) is 10.1. The molecule has 2 aliphatic heterocycles. The van der Waals surface area contributed by atoms with Crippen molar-refractivity contribution in [2.45, 2.75) is 20.8 Å². The molecule has 0 aliphatic carbocycles. The first-order valence-corrected chi connectivity index (χ1v) is 17.9. The normalized spacial score (nSPS) is 11.8. The minimum atomic E-state index is 0. The molecular weight excluding hydrogens is 710 g/mol. The van der Waals surface area contributed by atoms with E-state index in [4.69, 9.17) is 19.9 Å². The number of hydrogen-bond donors (Lipinski definition) is 0. The molecule has 0 atom stereocenters. The van der Waals surface area contributed by atoms with Gasteiger partial charge in [0, 0.05) is 0 Å². The average Bonchev–Trinajstić information content (AvgIpc) is 4.02. The molecule has 0 spiro atoms. The second kappa shape index (κ2) is 14.3. The predicted octanol–water partition coefficient (Wildman–Crippen LogP) is 12.1. The van der Waals surface area contributed by atoms with E-state index in [0.29, 0.717) is 0 Å². The van der Waals surface area contributed by atoms with Gasteiger partial charge in [-0.2, -0.15) is 0 Å². The molecule has 4 aromatic carbocycles. The zero-order chi connectivity index (χ0) is 36.1. The molecule has 0 saturated heterocycles. The zero-order valence-electron chi connectivity index (χ0n) is 30.6. The molecule has 0 radical (unpaired) electrons. The van der Waals surface area contributed by atoms with Gasteiger partial charge in [0.1, 0.15) is 0 Å². The van der Waals surface area contributed by atoms with E-state index in [1.165, 1.54) is 16.7 Å². The first-order chi connectivity index (χ1) is 25.9. The molecule has 0 unspecified atom stereocenters. The predicted molar refractivity (Wildman–Crippen MR) is 223 cm³/mol. The summed E-state index contributed by atoms with van der Waals surface area (Å²) in [6.45, 7) is 10.3. The largest absolute Gasteiger partial charge is 2.00 e. The van der Waals surface area contributed by atoms with E-state index in [1.54, 1.807) is 0 Å². The number of fused-ring (bicyclic) bond motifs is 8. The number of benzene rings is 4. The number of aromatic nitrogens is 4. The maximum atomic E-state index is 5.37. The Labute approximate surface area is 328 Å². The minimum absolute atomic E-state index is 0. The van der Waals surface area contributed by atoms with Gasteiger partial charge in [0.15, 0.2) is 0 Å². The van der Waals surface area contributed by atoms with Crippen molar-refractivity contribution in [2.24, 2.45) is 0 Å². The summed E-state index contributed by atoms with van der Waals surface area (Å²) in [5.41, 5.74) is 19.5. The monoisotopic (exact) mass is 744 g/mol. The number of aryl methyl sites for hydroxylation is 3. The van der Waals surface area contributed by atoms with Crippen molar-refractivity contribution in [2.75, 3.05) is 0 Å². The standard InChI is InChI=1S/C49H36N4.Zn/c1-5-33-12-20-37(21-13-33)49-44-28-26-42(52-44)47(35-16-8-31(3)9-17-35)40-24-22-38(50-40)46(34-14-6-30(2)7-15-34)39-23-25-41(51-39)48(43-27-29-45(49)53-43)36-18-10-32(4)11-19-36;/h5-29H,1H2,2-4H3;/q-2;+2. The minimum Gasteiger partial charge on any atom is -0.657 e. The molecule has 9 rings (SSSR count). The van der Waals surface area contributed by atoms with Crippen LogP contribution in [0.15, 0.2) is 128 Å². The summed E-state index contributed by atoms with van der Waals surface area (Å²) in [5.74, 6) is 0. The molecule has 0 amide bonds. The molecule has 4 nitrogen and oxygen atoms in total. The van der Waals surface area contributed by atoms with E-state index >= 15 is 0 Å². The van der Waals surface area contributed by atoms with E-state index in [0.717, 1.165) is 94.9 Å². The van der Waals surface area contributed by atoms with E-state index in [-0.39, 0.29) is 19.5 Å². The maximum Gasteiger partial charge on any atom is 2.00 e. The molecule has 0 N–H and O–H groups in total. The Kier molecular flexibility index (Phi) is 9.27. The fraction of sp³-hybridized carbons (Fsp3) is 0.0612. The number of nitrogens with zero attached hydrogens (tertiary/aromatic N) is 4. The first-order valence-electron chi connectivity index (χ1n) is 17.9. The van der Waals surface area contributed by atoms with Crippen LogP contribution in [0.25, 0.3) is 97.0 Å². The van der Waals surface area contributed by atoms with Crippen LogP contribution in [-0.4, -0.2) is 9.97 Å². The van der Waals surface area contributed by atoms with Crippen LogP contribution < -0.4 is 9.97 Å². The molecule has 3 aromatic heterocycles. The van der Waals surface area contributed by atoms with E-state index in [9.17, 15) is 0 Å². The van der Waals surface area contributed by atoms with E-state index in [1.807, 2.05) is 6.08 Å². The Morgan fingerprint density at radius 1 is 0.389 bits per heavy atom. The van der Waals surface area contributed by atoms with Crippen molar-refractivity contribution in [3.8, 4) is 44.5 Å². The zero-order valence-corrected chi connectivity index (χ0v) is 33.6. The van der Waals surface area contributed by atoms with Gasteiger partial charge in [0.25, 0.3) is 0 Å². The van der Waals surface area contributed by atoms with Crippen molar-refractivity contribution >= 4 is 52.4 Å². The summed E-state index contributed by atoms with van der Waals surface area (Å²) in [6.07, 6.45) is 10.3. The van der Waals surface area contributed by atoms with Gasteiger partial charge < -0.3 is 9.97 Å². The van der Waals surface area contributed by atoms with Crippen molar-refractivity contribution in [1.29, 1.82) is 0 Å². The number of rotatable bonds is 5. The molecule has 54 heavy (non-hydrogen) atoms. The van der Waals surface area contributed by atoms with Crippen LogP contribution in [0.5, 0.6) is 0 Å². The topological polar surface area (TPSA) is 54.0 Å². The summed E-state index contributed by atoms with van der Waals surface area (Å²) in [7, 11) is 0. The van der Waals surface area contributed by atoms with Crippen molar-refractivity contribution in [3.63, 3.8) is 0 Å². The second-order valence-corrected chi connectivity index (χ2v) is 13.8. The Balaban J connectivity index is 0.00000413. The third-order valence-electron chi connectivity index (χ3n) is 10.1. The quantitative estimate of drug-likeness (QED) is 0.165. The van der Waals surface area contributed by atoms with Crippen LogP contribution in [0.4, 0.5) is 0 Å². The van der Waals surface area contributed by atoms with Crippen molar-refractivity contribution in [1.82, 2.24) is 19.9 Å². The van der Waals surface area contributed by atoms with Gasteiger partial charge in [-0.25, -0.2) is 9.97 Å². The molecule has 2 aliphatic rings. The van der Waals surface area contributed by atoms with Gasteiger partial charge in [-0.15, -0.1) is 22.1 Å².